The van der Waals surface area contributed by atoms with Crippen LogP contribution in [0.2, 0.25) is 0 Å². The van der Waals surface area contributed by atoms with E-state index in [9.17, 15) is 0 Å². The van der Waals surface area contributed by atoms with E-state index in [4.69, 9.17) is 9.97 Å². The highest BCUT2D eigenvalue weighted by Crippen LogP contribution is 2.41. The molecule has 0 N–H and O–H groups in total. The number of nitrogens with zero attached hydrogens (tertiary/aromatic N) is 4. The van der Waals surface area contributed by atoms with Crippen molar-refractivity contribution in [2.24, 2.45) is 0 Å². The molecule has 0 amide bonds. The van der Waals surface area contributed by atoms with Gasteiger partial charge < -0.3 is 9.13 Å². The molecule has 73 heavy (non-hydrogen) atoms. The lowest BCUT2D eigenvalue weighted by atomic mass is 10.0. The van der Waals surface area contributed by atoms with E-state index in [-0.39, 0.29) is 0 Å². The van der Waals surface area contributed by atoms with Gasteiger partial charge in [0.1, 0.15) is 0 Å². The van der Waals surface area contributed by atoms with Gasteiger partial charge in [0.05, 0.1) is 44.5 Å². The van der Waals surface area contributed by atoms with Crippen LogP contribution in [0.3, 0.4) is 0 Å². The monoisotopic (exact) mass is 930 g/mol. The molecule has 0 aliphatic rings. The maximum Gasteiger partial charge on any atom is 0.0973 e. The van der Waals surface area contributed by atoms with Gasteiger partial charge in [0.15, 0.2) is 0 Å². The third-order valence-corrected chi connectivity index (χ3v) is 14.6. The van der Waals surface area contributed by atoms with Crippen molar-refractivity contribution in [2.75, 3.05) is 0 Å². The number of hydrogen-bond acceptors (Lipinski definition) is 2. The fourth-order valence-corrected chi connectivity index (χ4v) is 10.9. The molecule has 0 atom stereocenters. The Bertz CT molecular complexity index is 4190. The lowest BCUT2D eigenvalue weighted by Crippen LogP contribution is -1.98. The molecule has 0 saturated heterocycles. The first-order chi connectivity index (χ1) is 36.1. The van der Waals surface area contributed by atoms with Gasteiger partial charge in [0, 0.05) is 44.0 Å². The molecule has 0 radical (unpaired) electrons. The molecule has 4 nitrogen and oxygen atoms in total. The lowest BCUT2D eigenvalue weighted by molar-refractivity contribution is 1.18. The molecule has 0 saturated carbocycles. The molecule has 0 bridgehead atoms. The smallest absolute Gasteiger partial charge is 0.0973 e. The normalized spacial score (nSPS) is 11.6. The summed E-state index contributed by atoms with van der Waals surface area (Å²) in [6.07, 6.45) is 0. The second-order valence-electron chi connectivity index (χ2n) is 19.1. The van der Waals surface area contributed by atoms with Crippen molar-refractivity contribution in [3.05, 3.63) is 266 Å². The second kappa shape index (κ2) is 17.3. The van der Waals surface area contributed by atoms with Crippen molar-refractivity contribution in [1.29, 1.82) is 0 Å². The Labute approximate surface area is 423 Å². The summed E-state index contributed by atoms with van der Waals surface area (Å²) in [7, 11) is 0. The highest BCUT2D eigenvalue weighted by Gasteiger charge is 2.20. The van der Waals surface area contributed by atoms with E-state index in [1.807, 2.05) is 0 Å². The van der Waals surface area contributed by atoms with Crippen molar-refractivity contribution in [3.63, 3.8) is 0 Å². The number of aromatic nitrogens is 4. The van der Waals surface area contributed by atoms with Crippen LogP contribution in [-0.4, -0.2) is 19.1 Å². The summed E-state index contributed by atoms with van der Waals surface area (Å²) in [6, 6.07) is 94.1. The highest BCUT2D eigenvalue weighted by molar-refractivity contribution is 6.13. The summed E-state index contributed by atoms with van der Waals surface area (Å²) in [6.45, 7) is 2.11. The molecule has 14 rings (SSSR count). The zero-order valence-corrected chi connectivity index (χ0v) is 40.1. The van der Waals surface area contributed by atoms with Crippen molar-refractivity contribution < 1.29 is 0 Å². The average Bonchev–Trinajstić information content (AvgIpc) is 3.97. The predicted octanol–water partition coefficient (Wildman–Crippen LogP) is 18.1. The molecular weight excluding hydrogens is 885 g/mol. The molecule has 3 heterocycles. The molecule has 342 valence electrons. The Kier molecular flexibility index (Phi) is 10.0. The Balaban J connectivity index is 0.881. The predicted molar refractivity (Wildman–Crippen MR) is 306 cm³/mol. The van der Waals surface area contributed by atoms with Crippen molar-refractivity contribution in [1.82, 2.24) is 19.1 Å². The van der Waals surface area contributed by atoms with Gasteiger partial charge >= 0.3 is 0 Å². The van der Waals surface area contributed by atoms with E-state index in [1.165, 1.54) is 66.1 Å². The first kappa shape index (κ1) is 42.3. The maximum absolute atomic E-state index is 5.40. The van der Waals surface area contributed by atoms with E-state index in [1.54, 1.807) is 0 Å². The van der Waals surface area contributed by atoms with Gasteiger partial charge in [-0.2, -0.15) is 0 Å². The van der Waals surface area contributed by atoms with E-state index < -0.39 is 0 Å². The largest absolute Gasteiger partial charge is 0.309 e. The standard InChI is InChI=1S/C69H46N4/c1-45-22-35-62-63(40-45)71-69(51-25-33-57(34-26-51)73-66-38-29-54(48-18-10-4-11-19-48)43-60(66)61-44-55(30-39-67(61)73)49-20-12-5-13-21-49)68(70-62)50-23-31-56(32-24-50)72-64-36-27-52(46-14-6-2-7-15-46)41-58(64)59-42-53(28-37-65(59)72)47-16-8-3-9-17-47/h2-44H,1H3. The van der Waals surface area contributed by atoms with Gasteiger partial charge in [0.25, 0.3) is 0 Å². The summed E-state index contributed by atoms with van der Waals surface area (Å²) in [5, 5.41) is 4.87. The third kappa shape index (κ3) is 7.39. The van der Waals surface area contributed by atoms with Gasteiger partial charge in [0.2, 0.25) is 0 Å². The van der Waals surface area contributed by atoms with Crippen LogP contribution in [0, 0.1) is 6.92 Å². The van der Waals surface area contributed by atoms with Crippen LogP contribution in [0.15, 0.2) is 261 Å². The maximum atomic E-state index is 5.40. The van der Waals surface area contributed by atoms with Crippen molar-refractivity contribution >= 4 is 54.6 Å². The summed E-state index contributed by atoms with van der Waals surface area (Å²) < 4.78 is 4.79. The Morgan fingerprint density at radius 2 is 0.548 bits per heavy atom. The zero-order chi connectivity index (χ0) is 48.4. The van der Waals surface area contributed by atoms with E-state index in [0.29, 0.717) is 0 Å². The summed E-state index contributed by atoms with van der Waals surface area (Å²) >= 11 is 0. The first-order valence-electron chi connectivity index (χ1n) is 25.0. The lowest BCUT2D eigenvalue weighted by Gasteiger charge is -2.14. The average molecular weight is 931 g/mol. The van der Waals surface area contributed by atoms with Gasteiger partial charge in [-0.1, -0.05) is 176 Å². The van der Waals surface area contributed by atoms with Gasteiger partial charge in [-0.05, 0) is 142 Å². The summed E-state index contributed by atoms with van der Waals surface area (Å²) in [5.41, 5.74) is 23.0. The quantitative estimate of drug-likeness (QED) is 0.152. The Morgan fingerprint density at radius 3 is 0.877 bits per heavy atom. The Hall–Kier alpha value is -9.64. The first-order valence-corrected chi connectivity index (χ1v) is 25.0. The molecule has 4 heteroatoms. The fourth-order valence-electron chi connectivity index (χ4n) is 10.9. The minimum Gasteiger partial charge on any atom is -0.309 e. The van der Waals surface area contributed by atoms with Crippen molar-refractivity contribution in [3.8, 4) is 78.4 Å². The van der Waals surface area contributed by atoms with E-state index in [2.05, 4.69) is 277 Å². The van der Waals surface area contributed by atoms with Crippen LogP contribution in [0.1, 0.15) is 5.56 Å². The van der Waals surface area contributed by atoms with Crippen molar-refractivity contribution in [2.45, 2.75) is 6.92 Å². The highest BCUT2D eigenvalue weighted by atomic mass is 15.0. The molecule has 3 aromatic heterocycles. The molecule has 11 aromatic carbocycles. The molecule has 14 aromatic rings. The molecule has 0 aliphatic heterocycles. The molecule has 0 unspecified atom stereocenters. The minimum atomic E-state index is 0.844. The summed E-state index contributed by atoms with van der Waals surface area (Å²) in [4.78, 5) is 10.8. The minimum absolute atomic E-state index is 0.844. The van der Waals surface area contributed by atoms with E-state index >= 15 is 0 Å². The third-order valence-electron chi connectivity index (χ3n) is 14.6. The Morgan fingerprint density at radius 1 is 0.247 bits per heavy atom. The fraction of sp³-hybridized carbons (Fsp3) is 0.0145. The van der Waals surface area contributed by atoms with Crippen LogP contribution < -0.4 is 0 Å². The van der Waals surface area contributed by atoms with Crippen LogP contribution in [-0.2, 0) is 0 Å². The number of rotatable bonds is 8. The van der Waals surface area contributed by atoms with Gasteiger partial charge in [-0.25, -0.2) is 9.97 Å². The molecule has 0 aliphatic carbocycles. The number of hydrogen-bond donors (Lipinski definition) is 0. The van der Waals surface area contributed by atoms with Gasteiger partial charge in [-0.15, -0.1) is 0 Å². The van der Waals surface area contributed by atoms with Crippen LogP contribution in [0.25, 0.3) is 133 Å². The van der Waals surface area contributed by atoms with Crippen LogP contribution in [0.4, 0.5) is 0 Å². The van der Waals surface area contributed by atoms with E-state index in [0.717, 1.165) is 72.6 Å². The molecule has 0 spiro atoms. The number of fused-ring (bicyclic) bond motifs is 7. The molecular formula is C69H46N4. The van der Waals surface area contributed by atoms with Crippen LogP contribution >= 0.6 is 0 Å². The second-order valence-corrected chi connectivity index (χ2v) is 19.1. The topological polar surface area (TPSA) is 35.6 Å². The zero-order valence-electron chi connectivity index (χ0n) is 40.1. The van der Waals surface area contributed by atoms with Gasteiger partial charge in [-0.3, -0.25) is 0 Å². The summed E-state index contributed by atoms with van der Waals surface area (Å²) in [5.74, 6) is 0. The number of benzene rings is 11. The van der Waals surface area contributed by atoms with Crippen LogP contribution in [0.5, 0.6) is 0 Å². The molecule has 0 fully saturated rings. The SMILES string of the molecule is Cc1ccc2nc(-c3ccc(-n4c5ccc(-c6ccccc6)cc5c5cc(-c6ccccc6)ccc54)cc3)c(-c3ccc(-n4c5ccc(-c6ccccc6)cc5c5cc(-c6ccccc6)ccc54)cc3)nc2c1. The number of aryl methyl sites for hydroxylation is 1.